The van der Waals surface area contributed by atoms with Gasteiger partial charge in [-0.05, 0) is 19.8 Å². The third-order valence-corrected chi connectivity index (χ3v) is 4.60. The molecule has 0 radical (unpaired) electrons. The summed E-state index contributed by atoms with van der Waals surface area (Å²) in [5.41, 5.74) is 7.61. The van der Waals surface area contributed by atoms with Crippen LogP contribution >= 0.6 is 0 Å². The number of carbonyl (C=O) groups excluding carboxylic acids is 1. The van der Waals surface area contributed by atoms with Crippen molar-refractivity contribution in [2.24, 2.45) is 5.73 Å². The second kappa shape index (κ2) is 5.92. The average molecular weight is 312 g/mol. The molecule has 2 heterocycles. The van der Waals surface area contributed by atoms with Gasteiger partial charge < -0.3 is 10.5 Å². The van der Waals surface area contributed by atoms with Crippen LogP contribution in [-0.2, 0) is 9.53 Å². The maximum absolute atomic E-state index is 12.4. The van der Waals surface area contributed by atoms with Gasteiger partial charge in [-0.2, -0.15) is 10.4 Å². The molecule has 2 unspecified atom stereocenters. The number of nitriles is 1. The molecule has 2 atom stereocenters. The van der Waals surface area contributed by atoms with Gasteiger partial charge in [0, 0.05) is 36.2 Å². The second-order valence-electron chi connectivity index (χ2n) is 6.05. The minimum Gasteiger partial charge on any atom is -0.444 e. The molecule has 3 rings (SSSR count). The summed E-state index contributed by atoms with van der Waals surface area (Å²) in [6.07, 6.45) is 6.49. The van der Waals surface area contributed by atoms with E-state index in [1.165, 1.54) is 0 Å². The smallest absolute Gasteiger partial charge is 0.205 e. The number of nitrogens with two attached hydrogens (primary N) is 1. The van der Waals surface area contributed by atoms with Crippen LogP contribution < -0.4 is 5.73 Å². The lowest BCUT2D eigenvalue weighted by atomic mass is 9.78. The number of ether oxygens (including phenoxy) is 1. The minimum atomic E-state index is -0.464. The van der Waals surface area contributed by atoms with Gasteiger partial charge in [0.2, 0.25) is 5.88 Å². The van der Waals surface area contributed by atoms with E-state index < -0.39 is 5.92 Å². The zero-order valence-corrected chi connectivity index (χ0v) is 13.4. The molecule has 0 amide bonds. The van der Waals surface area contributed by atoms with Crippen LogP contribution in [0, 0.1) is 11.3 Å². The second-order valence-corrected chi connectivity index (χ2v) is 6.05. The highest BCUT2D eigenvalue weighted by Gasteiger charge is 2.38. The fourth-order valence-corrected chi connectivity index (χ4v) is 3.12. The van der Waals surface area contributed by atoms with E-state index in [-0.39, 0.29) is 17.7 Å². The molecule has 0 bridgehead atoms. The molecule has 2 N–H and O–H groups in total. The fourth-order valence-electron chi connectivity index (χ4n) is 3.12. The van der Waals surface area contributed by atoms with Gasteiger partial charge in [0.25, 0.3) is 0 Å². The van der Waals surface area contributed by atoms with Gasteiger partial charge >= 0.3 is 0 Å². The van der Waals surface area contributed by atoms with Gasteiger partial charge in [-0.25, -0.2) is 0 Å². The summed E-state index contributed by atoms with van der Waals surface area (Å²) < 4.78 is 7.42. The molecular weight excluding hydrogens is 292 g/mol. The van der Waals surface area contributed by atoms with E-state index in [1.807, 2.05) is 10.9 Å². The third-order valence-electron chi connectivity index (χ3n) is 4.60. The number of Topliss-reactive ketones (excluding diaryl/α,β-unsaturated/α-hetero) is 1. The largest absolute Gasteiger partial charge is 0.444 e. The first-order valence-electron chi connectivity index (χ1n) is 7.94. The topological polar surface area (TPSA) is 93.9 Å². The summed E-state index contributed by atoms with van der Waals surface area (Å²) in [4.78, 5) is 12.4. The van der Waals surface area contributed by atoms with Gasteiger partial charge in [-0.1, -0.05) is 6.92 Å². The summed E-state index contributed by atoms with van der Waals surface area (Å²) >= 11 is 0. The Morgan fingerprint density at radius 3 is 3.04 bits per heavy atom. The van der Waals surface area contributed by atoms with E-state index in [0.29, 0.717) is 29.7 Å². The van der Waals surface area contributed by atoms with Crippen molar-refractivity contribution >= 4 is 5.78 Å². The van der Waals surface area contributed by atoms with Crippen LogP contribution in [0.15, 0.2) is 35.2 Å². The molecule has 120 valence electrons. The third kappa shape index (κ3) is 2.52. The lowest BCUT2D eigenvalue weighted by Crippen LogP contribution is -2.27. The van der Waals surface area contributed by atoms with Gasteiger partial charge in [0.05, 0.1) is 12.1 Å². The Morgan fingerprint density at radius 1 is 1.57 bits per heavy atom. The Bertz CT molecular complexity index is 751. The molecular formula is C17H20N4O2. The van der Waals surface area contributed by atoms with Crippen molar-refractivity contribution in [1.82, 2.24) is 9.78 Å². The number of allylic oxidation sites excluding steroid dienone is 3. The minimum absolute atomic E-state index is 0.0350. The molecule has 0 saturated heterocycles. The SMILES string of the molecule is CCC(C)n1cc(C2C(C#N)=C(N)OC3=C2C(=O)CCC3)cn1. The molecule has 1 aromatic heterocycles. The Labute approximate surface area is 135 Å². The van der Waals surface area contributed by atoms with Crippen LogP contribution in [0.1, 0.15) is 57.1 Å². The van der Waals surface area contributed by atoms with Crippen molar-refractivity contribution in [2.45, 2.75) is 51.5 Å². The molecule has 6 nitrogen and oxygen atoms in total. The monoisotopic (exact) mass is 312 g/mol. The Morgan fingerprint density at radius 2 is 2.35 bits per heavy atom. The van der Waals surface area contributed by atoms with Gasteiger partial charge in [-0.15, -0.1) is 0 Å². The normalized spacial score (nSPS) is 22.5. The summed E-state index contributed by atoms with van der Waals surface area (Å²) in [5, 5.41) is 13.9. The molecule has 0 fully saturated rings. The number of nitrogens with zero attached hydrogens (tertiary/aromatic N) is 3. The van der Waals surface area contributed by atoms with E-state index >= 15 is 0 Å². The van der Waals surface area contributed by atoms with Crippen molar-refractivity contribution < 1.29 is 9.53 Å². The lowest BCUT2D eigenvalue weighted by Gasteiger charge is -2.30. The zero-order valence-electron chi connectivity index (χ0n) is 13.4. The molecule has 2 aliphatic rings. The van der Waals surface area contributed by atoms with Crippen molar-refractivity contribution in [1.29, 1.82) is 5.26 Å². The highest BCUT2D eigenvalue weighted by molar-refractivity contribution is 5.99. The standard InChI is InChI=1S/C17H20N4O2/c1-3-10(2)21-9-11(8-20-21)15-12(7-18)17(19)23-14-6-4-5-13(22)16(14)15/h8-10,15H,3-6,19H2,1-2H3. The maximum atomic E-state index is 12.4. The molecule has 1 aliphatic carbocycles. The number of hydrogen-bond acceptors (Lipinski definition) is 5. The number of aromatic nitrogens is 2. The fraction of sp³-hybridized carbons (Fsp3) is 0.471. The number of carbonyl (C=O) groups is 1. The highest BCUT2D eigenvalue weighted by Crippen LogP contribution is 2.43. The Hall–Kier alpha value is -2.55. The van der Waals surface area contributed by atoms with E-state index in [2.05, 4.69) is 25.0 Å². The summed E-state index contributed by atoms with van der Waals surface area (Å²) in [7, 11) is 0. The van der Waals surface area contributed by atoms with Gasteiger partial charge in [0.1, 0.15) is 17.4 Å². The Kier molecular flexibility index (Phi) is 3.95. The summed E-state index contributed by atoms with van der Waals surface area (Å²) in [5.74, 6) is 0.281. The predicted octanol–water partition coefficient (Wildman–Crippen LogP) is 2.67. The van der Waals surface area contributed by atoms with Crippen LogP contribution in [0.2, 0.25) is 0 Å². The highest BCUT2D eigenvalue weighted by atomic mass is 16.5. The molecule has 0 spiro atoms. The molecule has 0 saturated carbocycles. The Balaban J connectivity index is 2.10. The van der Waals surface area contributed by atoms with Crippen LogP contribution in [0.4, 0.5) is 0 Å². The number of ketones is 1. The number of rotatable bonds is 3. The molecule has 23 heavy (non-hydrogen) atoms. The molecule has 1 aromatic rings. The van der Waals surface area contributed by atoms with Crippen LogP contribution in [0.5, 0.6) is 0 Å². The van der Waals surface area contributed by atoms with Crippen molar-refractivity contribution in [2.75, 3.05) is 0 Å². The molecule has 6 heteroatoms. The zero-order chi connectivity index (χ0) is 16.6. The van der Waals surface area contributed by atoms with Gasteiger partial charge in [0.15, 0.2) is 5.78 Å². The molecule has 0 aromatic carbocycles. The first-order chi connectivity index (χ1) is 11.1. The van der Waals surface area contributed by atoms with Crippen LogP contribution in [0.3, 0.4) is 0 Å². The first kappa shape index (κ1) is 15.3. The van der Waals surface area contributed by atoms with Crippen LogP contribution in [-0.4, -0.2) is 15.6 Å². The van der Waals surface area contributed by atoms with Crippen molar-refractivity contribution in [3.8, 4) is 6.07 Å². The first-order valence-corrected chi connectivity index (χ1v) is 7.94. The van der Waals surface area contributed by atoms with Crippen LogP contribution in [0.25, 0.3) is 0 Å². The summed E-state index contributed by atoms with van der Waals surface area (Å²) in [6, 6.07) is 2.37. The van der Waals surface area contributed by atoms with Crippen molar-refractivity contribution in [3.05, 3.63) is 40.7 Å². The van der Waals surface area contributed by atoms with Crippen molar-refractivity contribution in [3.63, 3.8) is 0 Å². The quantitative estimate of drug-likeness (QED) is 0.926. The lowest BCUT2D eigenvalue weighted by molar-refractivity contribution is -0.116. The molecule has 1 aliphatic heterocycles. The van der Waals surface area contributed by atoms with E-state index in [1.54, 1.807) is 6.20 Å². The number of hydrogen-bond donors (Lipinski definition) is 1. The predicted molar refractivity (Wildman–Crippen MR) is 83.8 cm³/mol. The summed E-state index contributed by atoms with van der Waals surface area (Å²) in [6.45, 7) is 4.16. The van der Waals surface area contributed by atoms with E-state index in [0.717, 1.165) is 18.4 Å². The van der Waals surface area contributed by atoms with E-state index in [9.17, 15) is 10.1 Å². The van der Waals surface area contributed by atoms with E-state index in [4.69, 9.17) is 10.5 Å². The maximum Gasteiger partial charge on any atom is 0.205 e. The average Bonchev–Trinajstić information content (AvgIpc) is 3.02. The van der Waals surface area contributed by atoms with Gasteiger partial charge in [-0.3, -0.25) is 9.48 Å².